The molecule has 1 fully saturated rings. The summed E-state index contributed by atoms with van der Waals surface area (Å²) in [4.78, 5) is 4.50. The van der Waals surface area contributed by atoms with E-state index in [0.717, 1.165) is 65.8 Å². The Bertz CT molecular complexity index is 259. The highest BCUT2D eigenvalue weighted by molar-refractivity contribution is 4.76. The van der Waals surface area contributed by atoms with Gasteiger partial charge < -0.3 is 23.8 Å². The van der Waals surface area contributed by atoms with Gasteiger partial charge in [-0.1, -0.05) is 0 Å². The van der Waals surface area contributed by atoms with E-state index >= 15 is 0 Å². The molecule has 2 bridgehead atoms. The molecule has 6 nitrogen and oxygen atoms in total. The standard InChI is InChI=1S/C14H26N2O4/c1-7-17-9-3-16-4-10-18-8-2-15(1)5-11-19-13-14-20-12-6-16/h5,11H,1-4,6-10,12-14H2/b11-5-. The maximum absolute atomic E-state index is 5.70. The van der Waals surface area contributed by atoms with Crippen molar-refractivity contribution in [3.8, 4) is 0 Å². The molecule has 0 spiro atoms. The minimum absolute atomic E-state index is 0.595. The van der Waals surface area contributed by atoms with Gasteiger partial charge in [-0.3, -0.25) is 4.90 Å². The first-order valence-electron chi connectivity index (χ1n) is 7.43. The van der Waals surface area contributed by atoms with Crippen molar-refractivity contribution in [3.63, 3.8) is 0 Å². The first-order chi connectivity index (χ1) is 9.95. The van der Waals surface area contributed by atoms with Crippen molar-refractivity contribution in [2.45, 2.75) is 0 Å². The second-order valence-corrected chi connectivity index (χ2v) is 4.87. The van der Waals surface area contributed by atoms with Crippen molar-refractivity contribution < 1.29 is 18.9 Å². The van der Waals surface area contributed by atoms with Gasteiger partial charge in [-0.2, -0.15) is 0 Å². The quantitative estimate of drug-likeness (QED) is 0.632. The van der Waals surface area contributed by atoms with Gasteiger partial charge in [-0.05, 0) is 0 Å². The second-order valence-electron chi connectivity index (χ2n) is 4.87. The maximum atomic E-state index is 5.70. The zero-order valence-electron chi connectivity index (χ0n) is 12.2. The van der Waals surface area contributed by atoms with E-state index < -0.39 is 0 Å². The van der Waals surface area contributed by atoms with Crippen molar-refractivity contribution in [2.75, 3.05) is 79.0 Å². The molecule has 3 heterocycles. The zero-order chi connectivity index (χ0) is 13.9. The Kier molecular flexibility index (Phi) is 7.77. The fourth-order valence-corrected chi connectivity index (χ4v) is 2.15. The molecule has 3 aliphatic rings. The van der Waals surface area contributed by atoms with Gasteiger partial charge in [0.05, 0.1) is 45.9 Å². The molecule has 0 aromatic heterocycles. The van der Waals surface area contributed by atoms with Crippen LogP contribution >= 0.6 is 0 Å². The lowest BCUT2D eigenvalue weighted by molar-refractivity contribution is 0.0328. The van der Waals surface area contributed by atoms with Crippen molar-refractivity contribution in [1.29, 1.82) is 0 Å². The van der Waals surface area contributed by atoms with Crippen molar-refractivity contribution in [3.05, 3.63) is 12.5 Å². The monoisotopic (exact) mass is 286 g/mol. The average molecular weight is 286 g/mol. The summed E-state index contributed by atoms with van der Waals surface area (Å²) in [7, 11) is 0. The van der Waals surface area contributed by atoms with Gasteiger partial charge in [0.2, 0.25) is 0 Å². The van der Waals surface area contributed by atoms with Gasteiger partial charge >= 0.3 is 0 Å². The van der Waals surface area contributed by atoms with E-state index in [4.69, 9.17) is 18.9 Å². The maximum Gasteiger partial charge on any atom is 0.111 e. The van der Waals surface area contributed by atoms with E-state index in [-0.39, 0.29) is 0 Å². The van der Waals surface area contributed by atoms with Crippen LogP contribution in [0.1, 0.15) is 0 Å². The normalized spacial score (nSPS) is 26.5. The van der Waals surface area contributed by atoms with Crippen molar-refractivity contribution in [2.24, 2.45) is 0 Å². The summed E-state index contributed by atoms with van der Waals surface area (Å²) in [6, 6.07) is 0. The molecule has 0 saturated carbocycles. The molecule has 3 rings (SSSR count). The van der Waals surface area contributed by atoms with Crippen LogP contribution in [0.3, 0.4) is 0 Å². The van der Waals surface area contributed by atoms with E-state index in [2.05, 4.69) is 9.80 Å². The molecule has 0 radical (unpaired) electrons. The molecular formula is C14H26N2O4. The van der Waals surface area contributed by atoms with Gasteiger partial charge in [0.25, 0.3) is 0 Å². The van der Waals surface area contributed by atoms with Gasteiger partial charge in [-0.25, -0.2) is 0 Å². The smallest absolute Gasteiger partial charge is 0.111 e. The second kappa shape index (κ2) is 9.99. The van der Waals surface area contributed by atoms with Crippen molar-refractivity contribution >= 4 is 0 Å². The van der Waals surface area contributed by atoms with Crippen LogP contribution in [0.25, 0.3) is 0 Å². The first-order valence-corrected chi connectivity index (χ1v) is 7.43. The summed E-state index contributed by atoms with van der Waals surface area (Å²) < 4.78 is 22.4. The summed E-state index contributed by atoms with van der Waals surface area (Å²) in [5.41, 5.74) is 0. The van der Waals surface area contributed by atoms with Crippen LogP contribution in [0.4, 0.5) is 0 Å². The fourth-order valence-electron chi connectivity index (χ4n) is 2.15. The Labute approximate surface area is 121 Å². The van der Waals surface area contributed by atoms with E-state index in [9.17, 15) is 0 Å². The number of ether oxygens (including phenoxy) is 4. The minimum atomic E-state index is 0.595. The third kappa shape index (κ3) is 6.56. The molecule has 0 aromatic rings. The molecule has 0 amide bonds. The number of hydrogen-bond donors (Lipinski definition) is 0. The Hall–Kier alpha value is -0.820. The predicted octanol–water partition coefficient (Wildman–Crippen LogP) is 0.155. The summed E-state index contributed by atoms with van der Waals surface area (Å²) in [6.07, 6.45) is 3.69. The van der Waals surface area contributed by atoms with Crippen LogP contribution in [0, 0.1) is 0 Å². The lowest BCUT2D eigenvalue weighted by Gasteiger charge is -2.25. The van der Waals surface area contributed by atoms with Crippen molar-refractivity contribution in [1.82, 2.24) is 9.80 Å². The highest BCUT2D eigenvalue weighted by Crippen LogP contribution is 1.97. The van der Waals surface area contributed by atoms with Gasteiger partial charge in [0.15, 0.2) is 0 Å². The summed E-state index contributed by atoms with van der Waals surface area (Å²) in [6.45, 7) is 9.42. The lowest BCUT2D eigenvalue weighted by Crippen LogP contribution is -2.36. The van der Waals surface area contributed by atoms with Crippen LogP contribution in [-0.4, -0.2) is 88.8 Å². The average Bonchev–Trinajstić information content (AvgIpc) is 2.46. The van der Waals surface area contributed by atoms with Crippen LogP contribution in [0.5, 0.6) is 0 Å². The number of rotatable bonds is 0. The summed E-state index contributed by atoms with van der Waals surface area (Å²) in [5.74, 6) is 0. The fraction of sp³-hybridized carbons (Fsp3) is 0.857. The molecule has 0 aliphatic carbocycles. The molecule has 20 heavy (non-hydrogen) atoms. The van der Waals surface area contributed by atoms with Gasteiger partial charge in [-0.15, -0.1) is 0 Å². The Morgan fingerprint density at radius 3 is 1.80 bits per heavy atom. The zero-order valence-corrected chi connectivity index (χ0v) is 12.2. The largest absolute Gasteiger partial charge is 0.497 e. The molecule has 0 N–H and O–H groups in total. The Balaban J connectivity index is 1.93. The predicted molar refractivity (Wildman–Crippen MR) is 75.6 cm³/mol. The van der Waals surface area contributed by atoms with E-state index in [0.29, 0.717) is 13.2 Å². The highest BCUT2D eigenvalue weighted by Gasteiger charge is 2.08. The van der Waals surface area contributed by atoms with Crippen LogP contribution in [-0.2, 0) is 18.9 Å². The first kappa shape index (κ1) is 15.6. The minimum Gasteiger partial charge on any atom is -0.497 e. The molecular weight excluding hydrogens is 260 g/mol. The molecule has 0 atom stereocenters. The summed E-state index contributed by atoms with van der Waals surface area (Å²) >= 11 is 0. The number of hydrogen-bond acceptors (Lipinski definition) is 6. The van der Waals surface area contributed by atoms with E-state index in [1.807, 2.05) is 6.20 Å². The Morgan fingerprint density at radius 2 is 1.15 bits per heavy atom. The SMILES string of the molecule is C1=C\N2CCOCCN(CCOCCO/1)CCOCC2. The van der Waals surface area contributed by atoms with Crippen LogP contribution < -0.4 is 0 Å². The van der Waals surface area contributed by atoms with E-state index in [1.54, 1.807) is 6.26 Å². The van der Waals surface area contributed by atoms with Gasteiger partial charge in [0.1, 0.15) is 6.61 Å². The third-order valence-electron chi connectivity index (χ3n) is 3.41. The topological polar surface area (TPSA) is 43.4 Å². The molecule has 116 valence electrons. The third-order valence-corrected chi connectivity index (χ3v) is 3.41. The molecule has 0 unspecified atom stereocenters. The lowest BCUT2D eigenvalue weighted by atomic mass is 10.4. The highest BCUT2D eigenvalue weighted by atomic mass is 16.5. The number of fused-ring (bicyclic) bond motifs is 14. The number of nitrogens with zero attached hydrogens (tertiary/aromatic N) is 2. The molecule has 1 saturated heterocycles. The van der Waals surface area contributed by atoms with Crippen LogP contribution in [0.2, 0.25) is 0 Å². The van der Waals surface area contributed by atoms with Gasteiger partial charge in [0, 0.05) is 38.9 Å². The molecule has 6 heteroatoms. The summed E-state index contributed by atoms with van der Waals surface area (Å²) in [5, 5.41) is 0. The Morgan fingerprint density at radius 1 is 0.600 bits per heavy atom. The van der Waals surface area contributed by atoms with Crippen LogP contribution in [0.15, 0.2) is 12.5 Å². The van der Waals surface area contributed by atoms with E-state index in [1.165, 1.54) is 0 Å². The molecule has 3 aliphatic heterocycles. The molecule has 0 aromatic carbocycles.